The molecule has 1 aliphatic rings. The van der Waals surface area contributed by atoms with Crippen molar-refractivity contribution in [1.82, 2.24) is 4.90 Å². The Balaban J connectivity index is 1.65. The fourth-order valence-corrected chi connectivity index (χ4v) is 2.41. The molecule has 0 amide bonds. The van der Waals surface area contributed by atoms with E-state index >= 15 is 0 Å². The van der Waals surface area contributed by atoms with E-state index in [1.807, 2.05) is 0 Å². The van der Waals surface area contributed by atoms with Crippen molar-refractivity contribution in [3.63, 3.8) is 0 Å². The van der Waals surface area contributed by atoms with Crippen LogP contribution in [-0.2, 0) is 0 Å². The number of hydrogen-bond acceptors (Lipinski definition) is 2. The Kier molecular flexibility index (Phi) is 4.23. The predicted octanol–water partition coefficient (Wildman–Crippen LogP) is 2.83. The van der Waals surface area contributed by atoms with Crippen LogP contribution in [0.25, 0.3) is 0 Å². The minimum absolute atomic E-state index is 0.899. The van der Waals surface area contributed by atoms with Gasteiger partial charge < -0.3 is 10.2 Å². The average Bonchev–Trinajstić information content (AvgIpc) is 2.78. The summed E-state index contributed by atoms with van der Waals surface area (Å²) >= 11 is 0. The minimum Gasteiger partial charge on any atom is -0.385 e. The average molecular weight is 218 g/mol. The standard InChI is InChI=1S/C14H22N2/c1-2-16-11-9-13(12-16)8-10-15-14-6-4-3-5-7-14/h3-7,13,15H,2,8-12H2,1H3/t13-/m0/s1. The van der Waals surface area contributed by atoms with Crippen LogP contribution in [0.3, 0.4) is 0 Å². The van der Waals surface area contributed by atoms with Gasteiger partial charge in [-0.05, 0) is 44.0 Å². The van der Waals surface area contributed by atoms with Crippen LogP contribution in [0, 0.1) is 5.92 Å². The van der Waals surface area contributed by atoms with E-state index in [0.717, 1.165) is 12.5 Å². The van der Waals surface area contributed by atoms with Crippen molar-refractivity contribution in [1.29, 1.82) is 0 Å². The highest BCUT2D eigenvalue weighted by Crippen LogP contribution is 2.19. The van der Waals surface area contributed by atoms with Crippen molar-refractivity contribution in [3.8, 4) is 0 Å². The molecule has 1 heterocycles. The molecule has 1 N–H and O–H groups in total. The number of hydrogen-bond donors (Lipinski definition) is 1. The van der Waals surface area contributed by atoms with Gasteiger partial charge in [0.2, 0.25) is 0 Å². The molecule has 1 aromatic carbocycles. The summed E-state index contributed by atoms with van der Waals surface area (Å²) in [6, 6.07) is 10.5. The summed E-state index contributed by atoms with van der Waals surface area (Å²) in [4.78, 5) is 2.55. The molecule has 2 rings (SSSR count). The Hall–Kier alpha value is -1.02. The van der Waals surface area contributed by atoms with Crippen LogP contribution in [0.4, 0.5) is 5.69 Å². The van der Waals surface area contributed by atoms with Crippen molar-refractivity contribution in [2.45, 2.75) is 19.8 Å². The lowest BCUT2D eigenvalue weighted by Gasteiger charge is -2.13. The van der Waals surface area contributed by atoms with Gasteiger partial charge in [0, 0.05) is 18.8 Å². The Morgan fingerprint density at radius 1 is 1.31 bits per heavy atom. The highest BCUT2D eigenvalue weighted by atomic mass is 15.1. The lowest BCUT2D eigenvalue weighted by atomic mass is 10.1. The van der Waals surface area contributed by atoms with Crippen LogP contribution in [0.1, 0.15) is 19.8 Å². The zero-order valence-corrected chi connectivity index (χ0v) is 10.2. The van der Waals surface area contributed by atoms with Gasteiger partial charge in [-0.25, -0.2) is 0 Å². The molecule has 1 aromatic rings. The van der Waals surface area contributed by atoms with Gasteiger partial charge in [-0.15, -0.1) is 0 Å². The van der Waals surface area contributed by atoms with E-state index in [1.54, 1.807) is 0 Å². The van der Waals surface area contributed by atoms with Crippen molar-refractivity contribution in [2.75, 3.05) is 31.5 Å². The summed E-state index contributed by atoms with van der Waals surface area (Å²) < 4.78 is 0. The van der Waals surface area contributed by atoms with Gasteiger partial charge in [0.05, 0.1) is 0 Å². The first-order chi connectivity index (χ1) is 7.88. The molecular formula is C14H22N2. The van der Waals surface area contributed by atoms with Crippen LogP contribution in [0.5, 0.6) is 0 Å². The predicted molar refractivity (Wildman–Crippen MR) is 69.8 cm³/mol. The SMILES string of the molecule is CCN1CC[C@H](CCNc2ccccc2)C1. The smallest absolute Gasteiger partial charge is 0.0340 e. The summed E-state index contributed by atoms with van der Waals surface area (Å²) in [6.07, 6.45) is 2.68. The lowest BCUT2D eigenvalue weighted by molar-refractivity contribution is 0.339. The molecule has 88 valence electrons. The fourth-order valence-electron chi connectivity index (χ4n) is 2.41. The monoisotopic (exact) mass is 218 g/mol. The van der Waals surface area contributed by atoms with Crippen LogP contribution >= 0.6 is 0 Å². The number of anilines is 1. The second-order valence-corrected chi connectivity index (χ2v) is 4.63. The number of rotatable bonds is 5. The third-order valence-electron chi connectivity index (χ3n) is 3.47. The molecule has 2 heteroatoms. The fraction of sp³-hybridized carbons (Fsp3) is 0.571. The summed E-state index contributed by atoms with van der Waals surface area (Å²) in [5, 5.41) is 3.49. The molecule has 16 heavy (non-hydrogen) atoms. The molecule has 1 saturated heterocycles. The molecule has 0 bridgehead atoms. The summed E-state index contributed by atoms with van der Waals surface area (Å²) in [6.45, 7) is 7.17. The number of nitrogens with zero attached hydrogens (tertiary/aromatic N) is 1. The molecule has 0 radical (unpaired) electrons. The van der Waals surface area contributed by atoms with Gasteiger partial charge >= 0.3 is 0 Å². The van der Waals surface area contributed by atoms with E-state index in [-0.39, 0.29) is 0 Å². The molecule has 0 aliphatic carbocycles. The Bertz CT molecular complexity index is 297. The van der Waals surface area contributed by atoms with E-state index < -0.39 is 0 Å². The first-order valence-electron chi connectivity index (χ1n) is 6.39. The van der Waals surface area contributed by atoms with Gasteiger partial charge in [0.1, 0.15) is 0 Å². The molecule has 0 saturated carbocycles. The quantitative estimate of drug-likeness (QED) is 0.817. The first-order valence-corrected chi connectivity index (χ1v) is 6.39. The highest BCUT2D eigenvalue weighted by molar-refractivity contribution is 5.42. The molecule has 2 nitrogen and oxygen atoms in total. The molecule has 1 fully saturated rings. The van der Waals surface area contributed by atoms with E-state index in [9.17, 15) is 0 Å². The number of nitrogens with one attached hydrogen (secondary N) is 1. The molecule has 0 spiro atoms. The minimum atomic E-state index is 0.899. The van der Waals surface area contributed by atoms with Gasteiger partial charge in [-0.3, -0.25) is 0 Å². The summed E-state index contributed by atoms with van der Waals surface area (Å²) in [5.41, 5.74) is 1.24. The van der Waals surface area contributed by atoms with Gasteiger partial charge in [-0.1, -0.05) is 25.1 Å². The largest absolute Gasteiger partial charge is 0.385 e. The second-order valence-electron chi connectivity index (χ2n) is 4.63. The van der Waals surface area contributed by atoms with Crippen LogP contribution < -0.4 is 5.32 Å². The summed E-state index contributed by atoms with van der Waals surface area (Å²) in [5.74, 6) is 0.899. The van der Waals surface area contributed by atoms with Crippen molar-refractivity contribution in [2.24, 2.45) is 5.92 Å². The Labute approximate surface area is 98.7 Å². The van der Waals surface area contributed by atoms with E-state index in [4.69, 9.17) is 0 Å². The maximum absolute atomic E-state index is 3.49. The van der Waals surface area contributed by atoms with Crippen LogP contribution in [-0.4, -0.2) is 31.1 Å². The van der Waals surface area contributed by atoms with Crippen molar-refractivity contribution in [3.05, 3.63) is 30.3 Å². The van der Waals surface area contributed by atoms with Gasteiger partial charge in [0.25, 0.3) is 0 Å². The molecule has 0 aromatic heterocycles. The Morgan fingerprint density at radius 3 is 2.81 bits per heavy atom. The maximum Gasteiger partial charge on any atom is 0.0340 e. The molecule has 0 unspecified atom stereocenters. The van der Waals surface area contributed by atoms with E-state index in [0.29, 0.717) is 0 Å². The van der Waals surface area contributed by atoms with Gasteiger partial charge in [-0.2, -0.15) is 0 Å². The number of benzene rings is 1. The van der Waals surface area contributed by atoms with E-state index in [2.05, 4.69) is 47.5 Å². The second kappa shape index (κ2) is 5.90. The topological polar surface area (TPSA) is 15.3 Å². The summed E-state index contributed by atoms with van der Waals surface area (Å²) in [7, 11) is 0. The highest BCUT2D eigenvalue weighted by Gasteiger charge is 2.20. The molecule has 1 aliphatic heterocycles. The van der Waals surface area contributed by atoms with Crippen LogP contribution in [0.15, 0.2) is 30.3 Å². The van der Waals surface area contributed by atoms with Crippen molar-refractivity contribution >= 4 is 5.69 Å². The first kappa shape index (κ1) is 11.5. The van der Waals surface area contributed by atoms with Crippen molar-refractivity contribution < 1.29 is 0 Å². The van der Waals surface area contributed by atoms with Gasteiger partial charge in [0.15, 0.2) is 0 Å². The lowest BCUT2D eigenvalue weighted by Crippen LogP contribution is -2.20. The molecular weight excluding hydrogens is 196 g/mol. The number of para-hydroxylation sites is 1. The zero-order chi connectivity index (χ0) is 11.2. The third kappa shape index (κ3) is 3.24. The maximum atomic E-state index is 3.49. The normalized spacial score (nSPS) is 21.2. The zero-order valence-electron chi connectivity index (χ0n) is 10.2. The Morgan fingerprint density at radius 2 is 2.12 bits per heavy atom. The third-order valence-corrected chi connectivity index (χ3v) is 3.47. The number of likely N-dealkylation sites (tertiary alicyclic amines) is 1. The molecule has 1 atom stereocenters. The van der Waals surface area contributed by atoms with E-state index in [1.165, 1.54) is 38.2 Å². The van der Waals surface area contributed by atoms with Crippen LogP contribution in [0.2, 0.25) is 0 Å².